The normalized spacial score (nSPS) is 18.1. The molecule has 0 aromatic heterocycles. The van der Waals surface area contributed by atoms with Gasteiger partial charge in [0.25, 0.3) is 0 Å². The SMILES string of the molecule is C=C1/C=C\C(C)CCC2(c3cc(N(c4ccccc4)c4ccccc4)ccc31)c1cc(N(c3ccccc3)c3ccccc3)ccc1C1C=CC(SN(c3ccccc3)c3ccccc3)=CC12.CC(c1ccccc1)c1ccccc1. The third-order valence-corrected chi connectivity index (χ3v) is 17.5. The van der Waals surface area contributed by atoms with Crippen LogP contribution >= 0.6 is 11.9 Å². The summed E-state index contributed by atoms with van der Waals surface area (Å²) >= 11 is 1.81. The van der Waals surface area contributed by atoms with Crippen molar-refractivity contribution in [2.45, 2.75) is 43.9 Å². The molecule has 0 radical (unpaired) electrons. The van der Waals surface area contributed by atoms with E-state index in [2.05, 4.69) is 337 Å². The molecule has 0 saturated carbocycles. The largest absolute Gasteiger partial charge is 0.310 e. The maximum Gasteiger partial charge on any atom is 0.0528 e. The molecule has 10 aromatic rings. The number of fused-ring (bicyclic) bond motifs is 7. The minimum atomic E-state index is -0.441. The Morgan fingerprint density at radius 3 is 1.31 bits per heavy atom. The van der Waals surface area contributed by atoms with Gasteiger partial charge in [0.15, 0.2) is 0 Å². The molecule has 0 N–H and O–H groups in total. The van der Waals surface area contributed by atoms with Gasteiger partial charge in [-0.3, -0.25) is 4.31 Å². The maximum atomic E-state index is 4.84. The van der Waals surface area contributed by atoms with Crippen molar-refractivity contribution in [3.63, 3.8) is 0 Å². The van der Waals surface area contributed by atoms with Gasteiger partial charge in [0.05, 0.1) is 11.4 Å². The first-order valence-electron chi connectivity index (χ1n) is 28.5. The molecule has 0 amide bonds. The molecule has 0 bridgehead atoms. The predicted octanol–water partition coefficient (Wildman–Crippen LogP) is 21.4. The van der Waals surface area contributed by atoms with Crippen molar-refractivity contribution in [3.05, 3.63) is 354 Å². The second kappa shape index (κ2) is 24.1. The summed E-state index contributed by atoms with van der Waals surface area (Å²) in [6, 6.07) is 100. The lowest BCUT2D eigenvalue weighted by Gasteiger charge is -2.41. The van der Waals surface area contributed by atoms with Crippen LogP contribution in [0.25, 0.3) is 5.57 Å². The standard InChI is InChI=1S/C63H53N3S.C14H14/c1-46-33-34-47(2)57-38-35-54(64(48-21-9-3-10-22-48)49-23-11-4-12-24-49)43-60(57)63(42-41-46)61-44-55(65(50-25-13-5-14-26-50)51-27-15-6-16-28-51)36-39-58(61)59-40-37-56(45-62(59)63)67-66(52-29-17-7-18-30-52)53-31-19-8-20-32-53;1-12(13-8-4-2-5-9-13)14-10-6-3-7-11-14/h3-40,43-46,59,62H,2,41-42H2,1H3;2-12H,1H3/b34-33-;. The molecule has 10 aromatic carbocycles. The average molecular weight is 1070 g/mol. The van der Waals surface area contributed by atoms with Gasteiger partial charge in [0.2, 0.25) is 0 Å². The summed E-state index contributed by atoms with van der Waals surface area (Å²) in [5.41, 5.74) is 17.7. The third-order valence-electron chi connectivity index (χ3n) is 16.4. The minimum absolute atomic E-state index is 0.106. The lowest BCUT2D eigenvalue weighted by Crippen LogP contribution is -2.35. The van der Waals surface area contributed by atoms with Gasteiger partial charge in [-0.15, -0.1) is 0 Å². The van der Waals surface area contributed by atoms with Crippen LogP contribution in [0.4, 0.5) is 45.5 Å². The Morgan fingerprint density at radius 2 is 0.852 bits per heavy atom. The van der Waals surface area contributed by atoms with E-state index in [0.29, 0.717) is 11.8 Å². The van der Waals surface area contributed by atoms with Crippen molar-refractivity contribution in [2.24, 2.45) is 11.8 Å². The Hall–Kier alpha value is -9.09. The molecule has 4 atom stereocenters. The fourth-order valence-electron chi connectivity index (χ4n) is 12.4. The zero-order valence-corrected chi connectivity index (χ0v) is 46.9. The van der Waals surface area contributed by atoms with E-state index in [1.54, 1.807) is 0 Å². The van der Waals surface area contributed by atoms with Gasteiger partial charge in [-0.25, -0.2) is 0 Å². The van der Waals surface area contributed by atoms with Crippen LogP contribution in [0.15, 0.2) is 321 Å². The summed E-state index contributed by atoms with van der Waals surface area (Å²) in [6.45, 7) is 9.45. The van der Waals surface area contributed by atoms with Gasteiger partial charge in [-0.05, 0) is 167 Å². The highest BCUT2D eigenvalue weighted by atomic mass is 32.2. The lowest BCUT2D eigenvalue weighted by atomic mass is 9.62. The van der Waals surface area contributed by atoms with E-state index in [-0.39, 0.29) is 11.8 Å². The van der Waals surface area contributed by atoms with Gasteiger partial charge in [0, 0.05) is 62.2 Å². The molecule has 1 spiro atoms. The van der Waals surface area contributed by atoms with E-state index < -0.39 is 5.41 Å². The fourth-order valence-corrected chi connectivity index (χ4v) is 13.4. The van der Waals surface area contributed by atoms with Crippen molar-refractivity contribution >= 4 is 63.0 Å². The summed E-state index contributed by atoms with van der Waals surface area (Å²) < 4.78 is 2.38. The monoisotopic (exact) mass is 1070 g/mol. The van der Waals surface area contributed by atoms with Crippen LogP contribution in [0.1, 0.15) is 71.9 Å². The number of rotatable bonds is 12. The topological polar surface area (TPSA) is 9.72 Å². The highest BCUT2D eigenvalue weighted by molar-refractivity contribution is 8.04. The van der Waals surface area contributed by atoms with Crippen LogP contribution in [0.2, 0.25) is 0 Å². The molecule has 3 nitrogen and oxygen atoms in total. The second-order valence-corrected chi connectivity index (χ2v) is 22.5. The molecular formula is C77H67N3S. The quantitative estimate of drug-likeness (QED) is 0.113. The average Bonchev–Trinajstić information content (AvgIpc) is 4.04. The molecule has 13 rings (SSSR count). The van der Waals surface area contributed by atoms with Crippen molar-refractivity contribution in [1.29, 1.82) is 0 Å². The van der Waals surface area contributed by atoms with Gasteiger partial charge >= 0.3 is 0 Å². The Kier molecular flexibility index (Phi) is 15.7. The molecule has 4 heteroatoms. The smallest absolute Gasteiger partial charge is 0.0528 e. The summed E-state index contributed by atoms with van der Waals surface area (Å²) in [7, 11) is 0. The van der Waals surface area contributed by atoms with Crippen LogP contribution in [-0.4, -0.2) is 0 Å². The molecule has 0 aliphatic heterocycles. The van der Waals surface area contributed by atoms with E-state index in [9.17, 15) is 0 Å². The summed E-state index contributed by atoms with van der Waals surface area (Å²) in [5, 5.41) is 0. The molecule has 4 unspecified atom stereocenters. The number of nitrogens with zero attached hydrogens (tertiary/aromatic N) is 3. The lowest BCUT2D eigenvalue weighted by molar-refractivity contribution is 0.343. The Labute approximate surface area is 484 Å². The first kappa shape index (κ1) is 52.6. The second-order valence-electron chi connectivity index (χ2n) is 21.5. The molecule has 396 valence electrons. The fraction of sp³-hybridized carbons (Fsp3) is 0.117. The van der Waals surface area contributed by atoms with Gasteiger partial charge in [-0.2, -0.15) is 0 Å². The molecular weight excluding hydrogens is 999 g/mol. The zero-order chi connectivity index (χ0) is 55.0. The Balaban J connectivity index is 0.000000405. The summed E-state index contributed by atoms with van der Waals surface area (Å²) in [5.74, 6) is 1.10. The van der Waals surface area contributed by atoms with E-state index in [4.69, 9.17) is 6.58 Å². The van der Waals surface area contributed by atoms with Crippen LogP contribution in [-0.2, 0) is 5.41 Å². The Bertz CT molecular complexity index is 3630. The highest BCUT2D eigenvalue weighted by Crippen LogP contribution is 2.62. The first-order chi connectivity index (χ1) is 39.9. The van der Waals surface area contributed by atoms with Crippen LogP contribution < -0.4 is 14.1 Å². The molecule has 0 fully saturated rings. The van der Waals surface area contributed by atoms with Crippen LogP contribution in [0.5, 0.6) is 0 Å². The number of hydrogen-bond acceptors (Lipinski definition) is 4. The number of para-hydroxylation sites is 6. The van der Waals surface area contributed by atoms with E-state index in [1.807, 2.05) is 11.9 Å². The van der Waals surface area contributed by atoms with Gasteiger partial charge in [-0.1, -0.05) is 233 Å². The van der Waals surface area contributed by atoms with E-state index in [1.165, 1.54) is 38.3 Å². The predicted molar refractivity (Wildman–Crippen MR) is 346 cm³/mol. The van der Waals surface area contributed by atoms with E-state index >= 15 is 0 Å². The van der Waals surface area contributed by atoms with Gasteiger partial charge in [0.1, 0.15) is 0 Å². The summed E-state index contributed by atoms with van der Waals surface area (Å²) in [6.07, 6.45) is 14.1. The van der Waals surface area contributed by atoms with Gasteiger partial charge < -0.3 is 9.80 Å². The third kappa shape index (κ3) is 11.0. The number of hydrogen-bond donors (Lipinski definition) is 0. The minimum Gasteiger partial charge on any atom is -0.310 e. The molecule has 81 heavy (non-hydrogen) atoms. The zero-order valence-electron chi connectivity index (χ0n) is 46.1. The van der Waals surface area contributed by atoms with Crippen molar-refractivity contribution in [2.75, 3.05) is 14.1 Å². The van der Waals surface area contributed by atoms with Crippen molar-refractivity contribution in [3.8, 4) is 0 Å². The van der Waals surface area contributed by atoms with Crippen molar-refractivity contribution in [1.82, 2.24) is 0 Å². The molecule has 0 saturated heterocycles. The molecule has 3 aliphatic rings. The maximum absolute atomic E-state index is 4.84. The van der Waals surface area contributed by atoms with Crippen LogP contribution in [0, 0.1) is 11.8 Å². The summed E-state index contributed by atoms with van der Waals surface area (Å²) in [4.78, 5) is 6.06. The molecule has 3 aliphatic carbocycles. The highest BCUT2D eigenvalue weighted by Gasteiger charge is 2.53. The van der Waals surface area contributed by atoms with Crippen LogP contribution in [0.3, 0.4) is 0 Å². The van der Waals surface area contributed by atoms with Crippen molar-refractivity contribution < 1.29 is 0 Å². The number of allylic oxidation sites excluding steroid dienone is 6. The number of anilines is 8. The molecule has 0 heterocycles. The Morgan fingerprint density at radius 1 is 0.444 bits per heavy atom. The number of benzene rings is 10. The first-order valence-corrected chi connectivity index (χ1v) is 29.3. The van der Waals surface area contributed by atoms with E-state index in [0.717, 1.165) is 63.9 Å².